The van der Waals surface area contributed by atoms with Gasteiger partial charge in [-0.2, -0.15) is 0 Å². The summed E-state index contributed by atoms with van der Waals surface area (Å²) in [5.74, 6) is -0.261. The van der Waals surface area contributed by atoms with Gasteiger partial charge in [-0.3, -0.25) is 0 Å². The van der Waals surface area contributed by atoms with Crippen LogP contribution in [0.5, 0.6) is 5.75 Å². The van der Waals surface area contributed by atoms with Crippen molar-refractivity contribution in [3.63, 3.8) is 0 Å². The molecule has 0 aliphatic heterocycles. The standard InChI is InChI=1S/C22H28O5/c1-25-18-14-12-16(13-15-18)8-7-10-17-9-5-4-6-11-19(17)20(21(23)26-2)22(24)27-3/h7-8,12-15,17H,4-6,9-11H2,1-3H3/b8-7+/t17-/m0/s1. The molecule has 0 heterocycles. The minimum atomic E-state index is -0.608. The molecule has 5 nitrogen and oxygen atoms in total. The van der Waals surface area contributed by atoms with Crippen molar-refractivity contribution in [3.8, 4) is 5.75 Å². The van der Waals surface area contributed by atoms with Gasteiger partial charge < -0.3 is 14.2 Å². The van der Waals surface area contributed by atoms with Gasteiger partial charge in [0.25, 0.3) is 0 Å². The van der Waals surface area contributed by atoms with E-state index in [1.807, 2.05) is 24.3 Å². The molecule has 0 unspecified atom stereocenters. The summed E-state index contributed by atoms with van der Waals surface area (Å²) in [6, 6.07) is 7.83. The van der Waals surface area contributed by atoms with Crippen molar-refractivity contribution >= 4 is 18.0 Å². The molecule has 1 atom stereocenters. The molecule has 1 aliphatic rings. The number of allylic oxidation sites excluding steroid dienone is 2. The van der Waals surface area contributed by atoms with E-state index in [1.54, 1.807) is 7.11 Å². The molecule has 5 heteroatoms. The van der Waals surface area contributed by atoms with Crippen LogP contribution in [0.25, 0.3) is 6.08 Å². The maximum absolute atomic E-state index is 12.2. The topological polar surface area (TPSA) is 61.8 Å². The fourth-order valence-corrected chi connectivity index (χ4v) is 3.48. The van der Waals surface area contributed by atoms with Crippen LogP contribution in [0.3, 0.4) is 0 Å². The van der Waals surface area contributed by atoms with Crippen LogP contribution in [-0.4, -0.2) is 33.3 Å². The smallest absolute Gasteiger partial charge is 0.345 e. The first-order chi connectivity index (χ1) is 13.1. The average Bonchev–Trinajstić information content (AvgIpc) is 2.94. The Kier molecular flexibility index (Phi) is 8.11. The summed E-state index contributed by atoms with van der Waals surface area (Å²) in [5.41, 5.74) is 2.02. The first-order valence-electron chi connectivity index (χ1n) is 9.31. The lowest BCUT2D eigenvalue weighted by atomic mass is 9.87. The number of rotatable bonds is 6. The minimum absolute atomic E-state index is 0.0738. The van der Waals surface area contributed by atoms with E-state index in [1.165, 1.54) is 14.2 Å². The Labute approximate surface area is 161 Å². The van der Waals surface area contributed by atoms with Crippen LogP contribution in [0.2, 0.25) is 0 Å². The molecular weight excluding hydrogens is 344 g/mol. The third kappa shape index (κ3) is 5.71. The number of carbonyl (C=O) groups is 2. The summed E-state index contributed by atoms with van der Waals surface area (Å²) < 4.78 is 14.9. The van der Waals surface area contributed by atoms with Gasteiger partial charge in [0.1, 0.15) is 11.3 Å². The second kappa shape index (κ2) is 10.6. The van der Waals surface area contributed by atoms with Gasteiger partial charge >= 0.3 is 11.9 Å². The van der Waals surface area contributed by atoms with Crippen LogP contribution in [0.1, 0.15) is 44.1 Å². The first kappa shape index (κ1) is 20.7. The number of benzene rings is 1. The van der Waals surface area contributed by atoms with E-state index < -0.39 is 11.9 Å². The van der Waals surface area contributed by atoms with Crippen LogP contribution in [0.4, 0.5) is 0 Å². The molecule has 1 fully saturated rings. The van der Waals surface area contributed by atoms with Crippen molar-refractivity contribution in [2.75, 3.05) is 21.3 Å². The molecule has 0 aromatic heterocycles. The molecule has 0 bridgehead atoms. The lowest BCUT2D eigenvalue weighted by molar-refractivity contribution is -0.144. The summed E-state index contributed by atoms with van der Waals surface area (Å²) in [4.78, 5) is 24.4. The van der Waals surface area contributed by atoms with Gasteiger partial charge in [0.15, 0.2) is 0 Å². The van der Waals surface area contributed by atoms with Gasteiger partial charge in [-0.05, 0) is 54.9 Å². The monoisotopic (exact) mass is 372 g/mol. The van der Waals surface area contributed by atoms with Gasteiger partial charge in [0.2, 0.25) is 0 Å². The highest BCUT2D eigenvalue weighted by atomic mass is 16.5. The number of carbonyl (C=O) groups excluding carboxylic acids is 2. The lowest BCUT2D eigenvalue weighted by Gasteiger charge is -2.19. The van der Waals surface area contributed by atoms with E-state index in [4.69, 9.17) is 14.2 Å². The van der Waals surface area contributed by atoms with E-state index in [0.717, 1.165) is 55.4 Å². The van der Waals surface area contributed by atoms with Gasteiger partial charge in [0, 0.05) is 0 Å². The Morgan fingerprint density at radius 2 is 1.67 bits per heavy atom. The zero-order valence-corrected chi connectivity index (χ0v) is 16.3. The molecule has 1 aromatic rings. The van der Waals surface area contributed by atoms with Crippen molar-refractivity contribution < 1.29 is 23.8 Å². The molecule has 1 aromatic carbocycles. The molecule has 27 heavy (non-hydrogen) atoms. The number of hydrogen-bond donors (Lipinski definition) is 0. The Hall–Kier alpha value is -2.56. The van der Waals surface area contributed by atoms with E-state index >= 15 is 0 Å². The number of esters is 2. The summed E-state index contributed by atoms with van der Waals surface area (Å²) in [6.07, 6.45) is 9.73. The van der Waals surface area contributed by atoms with Crippen molar-refractivity contribution in [1.82, 2.24) is 0 Å². The molecule has 0 saturated heterocycles. The highest BCUT2D eigenvalue weighted by Gasteiger charge is 2.29. The van der Waals surface area contributed by atoms with Crippen LogP contribution in [0.15, 0.2) is 41.5 Å². The van der Waals surface area contributed by atoms with Gasteiger partial charge in [-0.1, -0.05) is 37.1 Å². The van der Waals surface area contributed by atoms with E-state index in [0.29, 0.717) is 0 Å². The van der Waals surface area contributed by atoms with Crippen LogP contribution >= 0.6 is 0 Å². The Morgan fingerprint density at radius 1 is 1.00 bits per heavy atom. The molecular formula is C22H28O5. The summed E-state index contributed by atoms with van der Waals surface area (Å²) in [7, 11) is 4.23. The highest BCUT2D eigenvalue weighted by Crippen LogP contribution is 2.34. The summed E-state index contributed by atoms with van der Waals surface area (Å²) >= 11 is 0. The number of methoxy groups -OCH3 is 3. The number of hydrogen-bond acceptors (Lipinski definition) is 5. The molecule has 146 valence electrons. The highest BCUT2D eigenvalue weighted by molar-refractivity contribution is 6.14. The van der Waals surface area contributed by atoms with Crippen LogP contribution < -0.4 is 4.74 Å². The molecule has 0 radical (unpaired) electrons. The normalized spacial score (nSPS) is 17.3. The molecule has 1 aliphatic carbocycles. The van der Waals surface area contributed by atoms with Gasteiger partial charge in [-0.15, -0.1) is 0 Å². The van der Waals surface area contributed by atoms with Crippen molar-refractivity contribution in [1.29, 1.82) is 0 Å². The maximum atomic E-state index is 12.2. The zero-order chi connectivity index (χ0) is 19.6. The van der Waals surface area contributed by atoms with E-state index in [2.05, 4.69) is 12.2 Å². The average molecular weight is 372 g/mol. The van der Waals surface area contributed by atoms with E-state index in [-0.39, 0.29) is 11.5 Å². The molecule has 1 saturated carbocycles. The number of ether oxygens (including phenoxy) is 3. The largest absolute Gasteiger partial charge is 0.497 e. The minimum Gasteiger partial charge on any atom is -0.497 e. The first-order valence-corrected chi connectivity index (χ1v) is 9.31. The second-order valence-corrected chi connectivity index (χ2v) is 6.59. The second-order valence-electron chi connectivity index (χ2n) is 6.59. The predicted octanol–water partition coefficient (Wildman–Crippen LogP) is 4.32. The van der Waals surface area contributed by atoms with Crippen molar-refractivity contribution in [3.05, 3.63) is 47.1 Å². The molecule has 0 amide bonds. The maximum Gasteiger partial charge on any atom is 0.345 e. The van der Waals surface area contributed by atoms with Crippen molar-refractivity contribution in [2.45, 2.75) is 38.5 Å². The zero-order valence-electron chi connectivity index (χ0n) is 16.3. The van der Waals surface area contributed by atoms with E-state index in [9.17, 15) is 9.59 Å². The Bertz CT molecular complexity index is 682. The quantitative estimate of drug-likeness (QED) is 0.245. The van der Waals surface area contributed by atoms with Crippen LogP contribution in [0, 0.1) is 5.92 Å². The van der Waals surface area contributed by atoms with Gasteiger partial charge in [-0.25, -0.2) is 9.59 Å². The molecule has 2 rings (SSSR count). The summed E-state index contributed by atoms with van der Waals surface area (Å²) in [5, 5.41) is 0. The fourth-order valence-electron chi connectivity index (χ4n) is 3.48. The van der Waals surface area contributed by atoms with Crippen molar-refractivity contribution in [2.24, 2.45) is 5.92 Å². The third-order valence-electron chi connectivity index (χ3n) is 4.94. The third-order valence-corrected chi connectivity index (χ3v) is 4.94. The SMILES string of the molecule is COC(=O)C(C(=O)OC)=C1CCCCC[C@H]1C/C=C/c1ccc(OC)cc1. The Morgan fingerprint density at radius 3 is 2.26 bits per heavy atom. The fraction of sp³-hybridized carbons (Fsp3) is 0.455. The molecule has 0 spiro atoms. The Balaban J connectivity index is 2.23. The van der Waals surface area contributed by atoms with Crippen LogP contribution in [-0.2, 0) is 19.1 Å². The summed E-state index contributed by atoms with van der Waals surface area (Å²) in [6.45, 7) is 0. The predicted molar refractivity (Wildman–Crippen MR) is 104 cm³/mol. The van der Waals surface area contributed by atoms with Gasteiger partial charge in [0.05, 0.1) is 21.3 Å². The molecule has 0 N–H and O–H groups in total. The lowest BCUT2D eigenvalue weighted by Crippen LogP contribution is -2.21.